The topological polar surface area (TPSA) is 12.5 Å². The predicted molar refractivity (Wildman–Crippen MR) is 78.9 cm³/mol. The lowest BCUT2D eigenvalue weighted by atomic mass is 10.0. The van der Waals surface area contributed by atoms with Crippen molar-refractivity contribution in [3.8, 4) is 5.75 Å². The van der Waals surface area contributed by atoms with Gasteiger partial charge in [-0.15, -0.1) is 0 Å². The van der Waals surface area contributed by atoms with Gasteiger partial charge in [0.25, 0.3) is 0 Å². The van der Waals surface area contributed by atoms with Crippen molar-refractivity contribution >= 4 is 5.69 Å². The number of benzene rings is 2. The minimum Gasteiger partial charge on any atom is -0.497 e. The molecule has 0 fully saturated rings. The van der Waals surface area contributed by atoms with Crippen LogP contribution in [0.15, 0.2) is 48.5 Å². The summed E-state index contributed by atoms with van der Waals surface area (Å²) in [6, 6.07) is 17.0. The highest BCUT2D eigenvalue weighted by molar-refractivity contribution is 5.62. The first kappa shape index (κ1) is 12.1. The molecule has 0 amide bonds. The number of hydrogen-bond acceptors (Lipinski definition) is 2. The summed E-state index contributed by atoms with van der Waals surface area (Å²) in [5.41, 5.74) is 4.10. The van der Waals surface area contributed by atoms with Crippen molar-refractivity contribution in [3.05, 3.63) is 59.7 Å². The Balaban J connectivity index is 1.88. The van der Waals surface area contributed by atoms with E-state index in [-0.39, 0.29) is 0 Å². The van der Waals surface area contributed by atoms with Gasteiger partial charge in [0.1, 0.15) is 5.75 Å². The summed E-state index contributed by atoms with van der Waals surface area (Å²) in [5, 5.41) is 0. The molecule has 1 atom stereocenters. The van der Waals surface area contributed by atoms with Crippen LogP contribution in [-0.2, 0) is 6.54 Å². The molecule has 0 saturated heterocycles. The Hall–Kier alpha value is -1.96. The molecule has 1 unspecified atom stereocenters. The van der Waals surface area contributed by atoms with Crippen LogP contribution in [0.3, 0.4) is 0 Å². The van der Waals surface area contributed by atoms with E-state index < -0.39 is 0 Å². The Morgan fingerprint density at radius 1 is 1.16 bits per heavy atom. The van der Waals surface area contributed by atoms with Crippen molar-refractivity contribution in [1.29, 1.82) is 0 Å². The highest BCUT2D eigenvalue weighted by Crippen LogP contribution is 2.38. The zero-order valence-corrected chi connectivity index (χ0v) is 11.5. The SMILES string of the molecule is COc1ccc2c(c1)C(C)CN2Cc1ccccc1. The van der Waals surface area contributed by atoms with Gasteiger partial charge in [0, 0.05) is 24.7 Å². The van der Waals surface area contributed by atoms with Crippen molar-refractivity contribution < 1.29 is 4.74 Å². The molecule has 0 N–H and O–H groups in total. The van der Waals surface area contributed by atoms with E-state index in [1.54, 1.807) is 7.11 Å². The molecule has 3 rings (SSSR count). The third kappa shape index (κ3) is 2.30. The summed E-state index contributed by atoms with van der Waals surface area (Å²) in [5.74, 6) is 1.51. The van der Waals surface area contributed by atoms with Gasteiger partial charge in [0.05, 0.1) is 7.11 Å². The molecule has 1 aliphatic heterocycles. The number of anilines is 1. The lowest BCUT2D eigenvalue weighted by molar-refractivity contribution is 0.414. The van der Waals surface area contributed by atoms with Crippen molar-refractivity contribution in [2.24, 2.45) is 0 Å². The molecular formula is C17H19NO. The Kier molecular flexibility index (Phi) is 3.16. The number of hydrogen-bond donors (Lipinski definition) is 0. The van der Waals surface area contributed by atoms with Gasteiger partial charge in [0.2, 0.25) is 0 Å². The van der Waals surface area contributed by atoms with E-state index in [4.69, 9.17) is 4.74 Å². The van der Waals surface area contributed by atoms with Gasteiger partial charge in [0.15, 0.2) is 0 Å². The summed E-state index contributed by atoms with van der Waals surface area (Å²) >= 11 is 0. The van der Waals surface area contributed by atoms with E-state index in [1.165, 1.54) is 16.8 Å². The average Bonchev–Trinajstić information content (AvgIpc) is 2.76. The molecule has 0 radical (unpaired) electrons. The lowest BCUT2D eigenvalue weighted by Gasteiger charge is -2.19. The first-order valence-corrected chi connectivity index (χ1v) is 6.74. The fraction of sp³-hybridized carbons (Fsp3) is 0.294. The first-order chi connectivity index (χ1) is 9.28. The van der Waals surface area contributed by atoms with Crippen LogP contribution in [-0.4, -0.2) is 13.7 Å². The van der Waals surface area contributed by atoms with Crippen molar-refractivity contribution in [2.45, 2.75) is 19.4 Å². The molecule has 0 spiro atoms. The van der Waals surface area contributed by atoms with Crippen LogP contribution in [0.1, 0.15) is 24.0 Å². The average molecular weight is 253 g/mol. The quantitative estimate of drug-likeness (QED) is 0.824. The van der Waals surface area contributed by atoms with Gasteiger partial charge in [-0.2, -0.15) is 0 Å². The molecule has 0 saturated carbocycles. The monoisotopic (exact) mass is 253 g/mol. The largest absolute Gasteiger partial charge is 0.497 e. The highest BCUT2D eigenvalue weighted by Gasteiger charge is 2.25. The minimum absolute atomic E-state index is 0.564. The molecule has 2 heteroatoms. The number of ether oxygens (including phenoxy) is 1. The Labute approximate surface area is 114 Å². The maximum Gasteiger partial charge on any atom is 0.119 e. The van der Waals surface area contributed by atoms with Crippen LogP contribution in [0.25, 0.3) is 0 Å². The van der Waals surface area contributed by atoms with Crippen LogP contribution in [0.4, 0.5) is 5.69 Å². The van der Waals surface area contributed by atoms with Crippen LogP contribution >= 0.6 is 0 Å². The molecule has 1 aliphatic rings. The molecule has 0 aromatic heterocycles. The maximum atomic E-state index is 5.32. The Morgan fingerprint density at radius 2 is 1.95 bits per heavy atom. The van der Waals surface area contributed by atoms with Gasteiger partial charge in [-0.3, -0.25) is 0 Å². The fourth-order valence-electron chi connectivity index (χ4n) is 2.82. The van der Waals surface area contributed by atoms with Crippen LogP contribution in [0, 0.1) is 0 Å². The van der Waals surface area contributed by atoms with Crippen molar-refractivity contribution in [2.75, 3.05) is 18.6 Å². The molecule has 2 nitrogen and oxygen atoms in total. The van der Waals surface area contributed by atoms with Gasteiger partial charge in [-0.1, -0.05) is 37.3 Å². The van der Waals surface area contributed by atoms with E-state index in [0.717, 1.165) is 18.8 Å². The third-order valence-corrected chi connectivity index (χ3v) is 3.82. The zero-order chi connectivity index (χ0) is 13.2. The van der Waals surface area contributed by atoms with Crippen LogP contribution in [0.5, 0.6) is 5.75 Å². The summed E-state index contributed by atoms with van der Waals surface area (Å²) in [6.07, 6.45) is 0. The van der Waals surface area contributed by atoms with Gasteiger partial charge < -0.3 is 9.64 Å². The standard InChI is InChI=1S/C17H19NO/c1-13-11-18(12-14-6-4-3-5-7-14)17-9-8-15(19-2)10-16(13)17/h3-10,13H,11-12H2,1-2H3. The van der Waals surface area contributed by atoms with Crippen molar-refractivity contribution in [1.82, 2.24) is 0 Å². The normalized spacial score (nSPS) is 17.4. The maximum absolute atomic E-state index is 5.32. The number of rotatable bonds is 3. The summed E-state index contributed by atoms with van der Waals surface area (Å²) in [6.45, 7) is 4.34. The number of fused-ring (bicyclic) bond motifs is 1. The van der Waals surface area contributed by atoms with Crippen molar-refractivity contribution in [3.63, 3.8) is 0 Å². The Bertz CT molecular complexity index is 565. The summed E-state index contributed by atoms with van der Waals surface area (Å²) in [4.78, 5) is 2.45. The summed E-state index contributed by atoms with van der Waals surface area (Å²) < 4.78 is 5.32. The lowest BCUT2D eigenvalue weighted by Crippen LogP contribution is -2.20. The van der Waals surface area contributed by atoms with E-state index in [9.17, 15) is 0 Å². The second-order valence-corrected chi connectivity index (χ2v) is 5.19. The zero-order valence-electron chi connectivity index (χ0n) is 11.5. The van der Waals surface area contributed by atoms with E-state index in [1.807, 2.05) is 0 Å². The number of nitrogens with zero attached hydrogens (tertiary/aromatic N) is 1. The Morgan fingerprint density at radius 3 is 2.68 bits per heavy atom. The predicted octanol–water partition coefficient (Wildman–Crippen LogP) is 3.82. The van der Waals surface area contributed by atoms with E-state index in [2.05, 4.69) is 60.4 Å². The molecule has 98 valence electrons. The summed E-state index contributed by atoms with van der Waals surface area (Å²) in [7, 11) is 1.73. The molecule has 2 aromatic carbocycles. The molecule has 2 aromatic rings. The van der Waals surface area contributed by atoms with E-state index >= 15 is 0 Å². The number of methoxy groups -OCH3 is 1. The smallest absolute Gasteiger partial charge is 0.119 e. The first-order valence-electron chi connectivity index (χ1n) is 6.74. The highest BCUT2D eigenvalue weighted by atomic mass is 16.5. The second kappa shape index (κ2) is 4.96. The molecular weight excluding hydrogens is 234 g/mol. The van der Waals surface area contributed by atoms with Gasteiger partial charge in [-0.25, -0.2) is 0 Å². The molecule has 19 heavy (non-hydrogen) atoms. The molecule has 0 bridgehead atoms. The van der Waals surface area contributed by atoms with Crippen LogP contribution < -0.4 is 9.64 Å². The second-order valence-electron chi connectivity index (χ2n) is 5.19. The fourth-order valence-corrected chi connectivity index (χ4v) is 2.82. The van der Waals surface area contributed by atoms with Crippen LogP contribution in [0.2, 0.25) is 0 Å². The minimum atomic E-state index is 0.564. The van der Waals surface area contributed by atoms with Gasteiger partial charge >= 0.3 is 0 Å². The molecule has 0 aliphatic carbocycles. The van der Waals surface area contributed by atoms with Gasteiger partial charge in [-0.05, 0) is 29.3 Å². The van der Waals surface area contributed by atoms with E-state index in [0.29, 0.717) is 5.92 Å². The third-order valence-electron chi connectivity index (χ3n) is 3.82. The molecule has 1 heterocycles.